The highest BCUT2D eigenvalue weighted by Crippen LogP contribution is 2.08. The molecule has 0 saturated heterocycles. The van der Waals surface area contributed by atoms with Crippen molar-refractivity contribution in [3.05, 3.63) is 18.2 Å². The van der Waals surface area contributed by atoms with Crippen LogP contribution in [-0.4, -0.2) is 23.1 Å². The molecule has 0 amide bonds. The first-order chi connectivity index (χ1) is 6.74. The van der Waals surface area contributed by atoms with Crippen molar-refractivity contribution in [1.82, 2.24) is 14.9 Å². The third-order valence-electron chi connectivity index (χ3n) is 2.57. The van der Waals surface area contributed by atoms with Crippen LogP contribution in [0.2, 0.25) is 0 Å². The number of rotatable bonds is 6. The molecule has 0 radical (unpaired) electrons. The van der Waals surface area contributed by atoms with Crippen LogP contribution in [0.3, 0.4) is 0 Å². The van der Waals surface area contributed by atoms with Crippen molar-refractivity contribution in [2.75, 3.05) is 13.6 Å². The van der Waals surface area contributed by atoms with Crippen molar-refractivity contribution in [2.45, 2.75) is 26.2 Å². The van der Waals surface area contributed by atoms with E-state index in [-0.39, 0.29) is 0 Å². The van der Waals surface area contributed by atoms with E-state index in [9.17, 15) is 0 Å². The molecule has 0 fully saturated rings. The summed E-state index contributed by atoms with van der Waals surface area (Å²) in [4.78, 5) is 4.31. The molecule has 1 aromatic rings. The van der Waals surface area contributed by atoms with Gasteiger partial charge in [0.25, 0.3) is 0 Å². The van der Waals surface area contributed by atoms with E-state index in [1.807, 2.05) is 19.4 Å². The van der Waals surface area contributed by atoms with Crippen molar-refractivity contribution >= 4 is 0 Å². The molecular weight excluding hydrogens is 174 g/mol. The molecule has 80 valence electrons. The van der Waals surface area contributed by atoms with Crippen LogP contribution in [0, 0.1) is 5.92 Å². The van der Waals surface area contributed by atoms with Crippen LogP contribution in [0.25, 0.3) is 0 Å². The van der Waals surface area contributed by atoms with Gasteiger partial charge in [-0.2, -0.15) is 0 Å². The summed E-state index contributed by atoms with van der Waals surface area (Å²) in [6, 6.07) is 0. The molecule has 14 heavy (non-hydrogen) atoms. The number of nitrogens with one attached hydrogen (secondary N) is 1. The molecule has 3 nitrogen and oxygen atoms in total. The summed E-state index contributed by atoms with van der Waals surface area (Å²) >= 11 is 0. The van der Waals surface area contributed by atoms with Crippen molar-refractivity contribution in [3.63, 3.8) is 0 Å². The summed E-state index contributed by atoms with van der Waals surface area (Å²) in [5.74, 6) is 1.96. The number of imidazole rings is 1. The van der Waals surface area contributed by atoms with Crippen molar-refractivity contribution < 1.29 is 0 Å². The Kier molecular flexibility index (Phi) is 4.66. The van der Waals surface area contributed by atoms with Gasteiger partial charge in [-0.05, 0) is 32.4 Å². The van der Waals surface area contributed by atoms with Gasteiger partial charge in [-0.25, -0.2) is 4.98 Å². The predicted octanol–water partition coefficient (Wildman–Crippen LogP) is 1.60. The average molecular weight is 195 g/mol. The molecule has 1 atom stereocenters. The maximum Gasteiger partial charge on any atom is 0.108 e. The van der Waals surface area contributed by atoms with Crippen LogP contribution in [0.1, 0.15) is 25.6 Å². The molecular formula is C11H21N3. The van der Waals surface area contributed by atoms with Crippen LogP contribution < -0.4 is 5.32 Å². The second-order valence-electron chi connectivity index (χ2n) is 4.01. The molecule has 0 aliphatic rings. The van der Waals surface area contributed by atoms with Crippen LogP contribution >= 0.6 is 0 Å². The van der Waals surface area contributed by atoms with Crippen LogP contribution in [0.15, 0.2) is 12.4 Å². The van der Waals surface area contributed by atoms with E-state index in [0.29, 0.717) is 0 Å². The Labute approximate surface area is 86.5 Å². The highest BCUT2D eigenvalue weighted by molar-refractivity contribution is 4.90. The minimum Gasteiger partial charge on any atom is -0.338 e. The monoisotopic (exact) mass is 195 g/mol. The lowest BCUT2D eigenvalue weighted by Crippen LogP contribution is -2.16. The first-order valence-corrected chi connectivity index (χ1v) is 5.35. The molecule has 0 saturated carbocycles. The molecule has 1 aromatic heterocycles. The van der Waals surface area contributed by atoms with Crippen LogP contribution in [0.4, 0.5) is 0 Å². The Hall–Kier alpha value is -0.830. The van der Waals surface area contributed by atoms with Gasteiger partial charge in [0.15, 0.2) is 0 Å². The van der Waals surface area contributed by atoms with E-state index in [1.165, 1.54) is 18.7 Å². The Morgan fingerprint density at radius 3 is 2.93 bits per heavy atom. The first-order valence-electron chi connectivity index (χ1n) is 5.35. The average Bonchev–Trinajstić information content (AvgIpc) is 2.52. The van der Waals surface area contributed by atoms with E-state index in [0.717, 1.165) is 18.9 Å². The van der Waals surface area contributed by atoms with Gasteiger partial charge in [-0.3, -0.25) is 0 Å². The van der Waals surface area contributed by atoms with Crippen molar-refractivity contribution in [2.24, 2.45) is 13.0 Å². The summed E-state index contributed by atoms with van der Waals surface area (Å²) in [6.45, 7) is 3.40. The number of hydrogen-bond donors (Lipinski definition) is 1. The Morgan fingerprint density at radius 1 is 1.57 bits per heavy atom. The molecule has 0 spiro atoms. The van der Waals surface area contributed by atoms with Gasteiger partial charge >= 0.3 is 0 Å². The normalized spacial score (nSPS) is 13.1. The Balaban J connectivity index is 2.19. The minimum atomic E-state index is 0.764. The second kappa shape index (κ2) is 5.81. The first kappa shape index (κ1) is 11.2. The predicted molar refractivity (Wildman–Crippen MR) is 59.2 cm³/mol. The van der Waals surface area contributed by atoms with E-state index in [1.54, 1.807) is 0 Å². The zero-order valence-corrected chi connectivity index (χ0v) is 9.45. The SMILES string of the molecule is CNCC(C)CCCc1nccn1C. The Morgan fingerprint density at radius 2 is 2.36 bits per heavy atom. The zero-order valence-electron chi connectivity index (χ0n) is 9.45. The standard InChI is InChI=1S/C11H21N3/c1-10(9-12-2)5-4-6-11-13-7-8-14(11)3/h7-8,10,12H,4-6,9H2,1-3H3. The summed E-state index contributed by atoms with van der Waals surface area (Å²) in [7, 11) is 4.06. The number of aryl methyl sites for hydroxylation is 2. The molecule has 0 aliphatic heterocycles. The number of aromatic nitrogens is 2. The maximum absolute atomic E-state index is 4.31. The smallest absolute Gasteiger partial charge is 0.108 e. The minimum absolute atomic E-state index is 0.764. The highest BCUT2D eigenvalue weighted by atomic mass is 15.0. The quantitative estimate of drug-likeness (QED) is 0.747. The van der Waals surface area contributed by atoms with Crippen LogP contribution in [0.5, 0.6) is 0 Å². The lowest BCUT2D eigenvalue weighted by molar-refractivity contribution is 0.482. The lowest BCUT2D eigenvalue weighted by Gasteiger charge is -2.09. The van der Waals surface area contributed by atoms with Gasteiger partial charge in [-0.1, -0.05) is 6.92 Å². The van der Waals surface area contributed by atoms with Gasteiger partial charge < -0.3 is 9.88 Å². The third kappa shape index (κ3) is 3.50. The van der Waals surface area contributed by atoms with Gasteiger partial charge in [0, 0.05) is 25.9 Å². The van der Waals surface area contributed by atoms with Gasteiger partial charge in [0.2, 0.25) is 0 Å². The van der Waals surface area contributed by atoms with Gasteiger partial charge in [0.1, 0.15) is 5.82 Å². The third-order valence-corrected chi connectivity index (χ3v) is 2.57. The van der Waals surface area contributed by atoms with Crippen LogP contribution in [-0.2, 0) is 13.5 Å². The summed E-state index contributed by atoms with van der Waals surface area (Å²) in [5.41, 5.74) is 0. The van der Waals surface area contributed by atoms with Crippen molar-refractivity contribution in [1.29, 1.82) is 0 Å². The Bertz CT molecular complexity index is 255. The fraction of sp³-hybridized carbons (Fsp3) is 0.727. The summed E-state index contributed by atoms with van der Waals surface area (Å²) in [6.07, 6.45) is 7.47. The molecule has 1 rings (SSSR count). The number of nitrogens with zero attached hydrogens (tertiary/aromatic N) is 2. The van der Waals surface area contributed by atoms with E-state index in [2.05, 4.69) is 28.8 Å². The molecule has 1 heterocycles. The van der Waals surface area contributed by atoms with Gasteiger partial charge in [0.05, 0.1) is 0 Å². The van der Waals surface area contributed by atoms with E-state index in [4.69, 9.17) is 0 Å². The fourth-order valence-corrected chi connectivity index (χ4v) is 1.70. The maximum atomic E-state index is 4.31. The second-order valence-corrected chi connectivity index (χ2v) is 4.01. The lowest BCUT2D eigenvalue weighted by atomic mass is 10.0. The molecule has 1 unspecified atom stereocenters. The summed E-state index contributed by atoms with van der Waals surface area (Å²) in [5, 5.41) is 3.20. The molecule has 0 aromatic carbocycles. The highest BCUT2D eigenvalue weighted by Gasteiger charge is 2.02. The molecule has 3 heteroatoms. The fourth-order valence-electron chi connectivity index (χ4n) is 1.70. The largest absolute Gasteiger partial charge is 0.338 e. The molecule has 1 N–H and O–H groups in total. The number of hydrogen-bond acceptors (Lipinski definition) is 2. The van der Waals surface area contributed by atoms with E-state index >= 15 is 0 Å². The molecule has 0 aliphatic carbocycles. The molecule has 0 bridgehead atoms. The zero-order chi connectivity index (χ0) is 10.4. The topological polar surface area (TPSA) is 29.9 Å². The van der Waals surface area contributed by atoms with Crippen molar-refractivity contribution in [3.8, 4) is 0 Å². The summed E-state index contributed by atoms with van der Waals surface area (Å²) < 4.78 is 2.10. The van der Waals surface area contributed by atoms with E-state index < -0.39 is 0 Å². The van der Waals surface area contributed by atoms with Gasteiger partial charge in [-0.15, -0.1) is 0 Å².